The highest BCUT2D eigenvalue weighted by Gasteiger charge is 2.43. The molecule has 9 nitrogen and oxygen atoms in total. The lowest BCUT2D eigenvalue weighted by Crippen LogP contribution is -2.31. The molecule has 0 aromatic heterocycles. The van der Waals surface area contributed by atoms with Gasteiger partial charge in [0.1, 0.15) is 0 Å². The predicted molar refractivity (Wildman–Crippen MR) is 113 cm³/mol. The third-order valence-electron chi connectivity index (χ3n) is 5.25. The van der Waals surface area contributed by atoms with Crippen molar-refractivity contribution in [2.45, 2.75) is 37.0 Å². The van der Waals surface area contributed by atoms with Crippen molar-refractivity contribution in [1.29, 1.82) is 0 Å². The third-order valence-corrected chi connectivity index (χ3v) is 6.91. The van der Waals surface area contributed by atoms with E-state index in [1.165, 1.54) is 12.1 Å². The van der Waals surface area contributed by atoms with Crippen LogP contribution in [-0.4, -0.2) is 65.2 Å². The number of fused-ring (bicyclic) bond motifs is 1. The largest absolute Gasteiger partial charge is 0.382 e. The summed E-state index contributed by atoms with van der Waals surface area (Å²) in [5.74, 6) is -0.396. The van der Waals surface area contributed by atoms with E-state index >= 15 is 0 Å². The van der Waals surface area contributed by atoms with Crippen LogP contribution < -0.4 is 4.90 Å². The molecule has 1 atom stereocenters. The molecule has 0 aliphatic carbocycles. The first-order valence-electron chi connectivity index (χ1n) is 9.52. The van der Waals surface area contributed by atoms with E-state index in [2.05, 4.69) is 0 Å². The highest BCUT2D eigenvalue weighted by molar-refractivity contribution is 7.86. The molecule has 0 radical (unpaired) electrons. The Morgan fingerprint density at radius 3 is 2.40 bits per heavy atom. The van der Waals surface area contributed by atoms with Crippen LogP contribution in [0.4, 0.5) is 5.69 Å². The number of ether oxygens (including phenoxy) is 2. The molecule has 11 heteroatoms. The summed E-state index contributed by atoms with van der Waals surface area (Å²) in [6.45, 7) is 5.56. The van der Waals surface area contributed by atoms with Gasteiger partial charge in [0.05, 0.1) is 30.5 Å². The van der Waals surface area contributed by atoms with Crippen molar-refractivity contribution in [1.82, 2.24) is 0 Å². The molecule has 0 saturated carbocycles. The lowest BCUT2D eigenvalue weighted by Gasteiger charge is -2.30. The fourth-order valence-corrected chi connectivity index (χ4v) is 4.92. The first-order valence-corrected chi connectivity index (χ1v) is 12.6. The maximum Gasteiger partial charge on any atom is 0.294 e. The van der Waals surface area contributed by atoms with E-state index in [0.29, 0.717) is 38.3 Å². The molecular weight excluding hydrogens is 434 g/mol. The monoisotopic (exact) mass is 463 g/mol. The molecule has 1 unspecified atom stereocenters. The molecule has 30 heavy (non-hydrogen) atoms. The SMILES string of the molecule is C/C=C1/N(CCOCCOC)c2ccc(S(=O)(=O)O)cc2C1(C)CCCS(=O)(=O)O. The van der Waals surface area contributed by atoms with Crippen molar-refractivity contribution in [2.24, 2.45) is 0 Å². The summed E-state index contributed by atoms with van der Waals surface area (Å²) < 4.78 is 74.8. The number of anilines is 1. The predicted octanol–water partition coefficient (Wildman–Crippen LogP) is 2.25. The zero-order chi connectivity index (χ0) is 22.6. The number of benzene rings is 1. The Kier molecular flexibility index (Phi) is 8.05. The minimum absolute atomic E-state index is 0.181. The average Bonchev–Trinajstić information content (AvgIpc) is 2.87. The van der Waals surface area contributed by atoms with Gasteiger partial charge in [0.2, 0.25) is 0 Å². The number of nitrogens with zero attached hydrogens (tertiary/aromatic N) is 1. The molecule has 0 spiro atoms. The summed E-state index contributed by atoms with van der Waals surface area (Å²) in [7, 11) is -6.93. The van der Waals surface area contributed by atoms with Gasteiger partial charge in [-0.1, -0.05) is 6.08 Å². The van der Waals surface area contributed by atoms with Crippen molar-refractivity contribution in [2.75, 3.05) is 44.1 Å². The van der Waals surface area contributed by atoms with Gasteiger partial charge >= 0.3 is 0 Å². The maximum atomic E-state index is 11.7. The Labute approximate surface area is 178 Å². The van der Waals surface area contributed by atoms with Gasteiger partial charge in [-0.15, -0.1) is 0 Å². The standard InChI is InChI=1S/C19H29NO8S2/c1-4-18-19(2,8-5-13-29(21,22)23)16-14-15(30(24,25)26)6-7-17(16)20(18)9-10-28-12-11-27-3/h4,6-7,14H,5,8-13H2,1-3H3,(H,21,22,23)(H,24,25,26)/b18-4+. The van der Waals surface area contributed by atoms with Crippen LogP contribution in [-0.2, 0) is 35.1 Å². The number of allylic oxidation sites excluding steroid dienone is 2. The van der Waals surface area contributed by atoms with Gasteiger partial charge in [-0.25, -0.2) is 0 Å². The van der Waals surface area contributed by atoms with Crippen molar-refractivity contribution >= 4 is 25.9 Å². The molecule has 2 N–H and O–H groups in total. The second-order valence-corrected chi connectivity index (χ2v) is 10.3. The number of hydrogen-bond donors (Lipinski definition) is 2. The van der Waals surface area contributed by atoms with E-state index in [4.69, 9.17) is 14.0 Å². The minimum atomic E-state index is -4.40. The van der Waals surface area contributed by atoms with Gasteiger partial charge in [-0.05, 0) is 50.5 Å². The first-order chi connectivity index (χ1) is 13.9. The molecule has 1 aliphatic rings. The van der Waals surface area contributed by atoms with Crippen LogP contribution >= 0.6 is 0 Å². The molecule has 2 rings (SSSR count). The van der Waals surface area contributed by atoms with Gasteiger partial charge in [-0.2, -0.15) is 16.8 Å². The normalized spacial score (nSPS) is 20.7. The highest BCUT2D eigenvalue weighted by atomic mass is 32.2. The highest BCUT2D eigenvalue weighted by Crippen LogP contribution is 2.51. The molecule has 1 heterocycles. The summed E-state index contributed by atoms with van der Waals surface area (Å²) in [4.78, 5) is 1.78. The van der Waals surface area contributed by atoms with E-state index in [0.717, 1.165) is 11.4 Å². The average molecular weight is 464 g/mol. The molecule has 1 aliphatic heterocycles. The zero-order valence-electron chi connectivity index (χ0n) is 17.4. The third kappa shape index (κ3) is 5.80. The van der Waals surface area contributed by atoms with Crippen LogP contribution in [0, 0.1) is 0 Å². The molecule has 0 bridgehead atoms. The van der Waals surface area contributed by atoms with Crippen molar-refractivity contribution in [3.05, 3.63) is 35.5 Å². The van der Waals surface area contributed by atoms with Gasteiger partial charge in [0.15, 0.2) is 0 Å². The Balaban J connectivity index is 2.41. The zero-order valence-corrected chi connectivity index (χ0v) is 19.0. The molecular formula is C19H29NO8S2. The van der Waals surface area contributed by atoms with Gasteiger partial charge in [0.25, 0.3) is 20.2 Å². The Hall–Kier alpha value is -1.50. The molecule has 1 aromatic carbocycles. The molecule has 1 aromatic rings. The Bertz CT molecular complexity index is 988. The summed E-state index contributed by atoms with van der Waals surface area (Å²) in [5, 5.41) is 0. The van der Waals surface area contributed by atoms with Crippen LogP contribution in [0.5, 0.6) is 0 Å². The van der Waals surface area contributed by atoms with E-state index in [9.17, 15) is 21.4 Å². The summed E-state index contributed by atoms with van der Waals surface area (Å²) >= 11 is 0. The van der Waals surface area contributed by atoms with Crippen LogP contribution in [0.2, 0.25) is 0 Å². The summed E-state index contributed by atoms with van der Waals surface area (Å²) in [6, 6.07) is 4.39. The molecule has 0 saturated heterocycles. The summed E-state index contributed by atoms with van der Waals surface area (Å²) in [5.41, 5.74) is 1.59. The topological polar surface area (TPSA) is 130 Å². The van der Waals surface area contributed by atoms with E-state index in [1.807, 2.05) is 24.8 Å². The van der Waals surface area contributed by atoms with E-state index < -0.39 is 31.4 Å². The lowest BCUT2D eigenvalue weighted by molar-refractivity contribution is 0.0744. The van der Waals surface area contributed by atoms with Crippen LogP contribution in [0.15, 0.2) is 34.9 Å². The summed E-state index contributed by atoms with van der Waals surface area (Å²) in [6.07, 6.45) is 2.44. The van der Waals surface area contributed by atoms with Crippen LogP contribution in [0.1, 0.15) is 32.3 Å². The van der Waals surface area contributed by atoms with Gasteiger partial charge < -0.3 is 14.4 Å². The van der Waals surface area contributed by atoms with E-state index in [-0.39, 0.29) is 11.3 Å². The van der Waals surface area contributed by atoms with Gasteiger partial charge in [-0.3, -0.25) is 9.11 Å². The van der Waals surface area contributed by atoms with Crippen molar-refractivity contribution in [3.8, 4) is 0 Å². The first kappa shape index (κ1) is 24.8. The number of rotatable bonds is 11. The molecule has 170 valence electrons. The molecule has 0 fully saturated rings. The van der Waals surface area contributed by atoms with Gasteiger partial charge in [0, 0.05) is 30.5 Å². The van der Waals surface area contributed by atoms with Crippen LogP contribution in [0.25, 0.3) is 0 Å². The minimum Gasteiger partial charge on any atom is -0.382 e. The van der Waals surface area contributed by atoms with Crippen molar-refractivity contribution in [3.63, 3.8) is 0 Å². The second-order valence-electron chi connectivity index (χ2n) is 7.31. The maximum absolute atomic E-state index is 11.7. The van der Waals surface area contributed by atoms with E-state index in [1.54, 1.807) is 13.2 Å². The Morgan fingerprint density at radius 1 is 1.13 bits per heavy atom. The van der Waals surface area contributed by atoms with Crippen molar-refractivity contribution < 1.29 is 35.4 Å². The molecule has 0 amide bonds. The number of methoxy groups -OCH3 is 1. The lowest BCUT2D eigenvalue weighted by atomic mass is 9.78. The fourth-order valence-electron chi connectivity index (χ4n) is 3.90. The smallest absolute Gasteiger partial charge is 0.294 e. The quantitative estimate of drug-likeness (QED) is 0.375. The fraction of sp³-hybridized carbons (Fsp3) is 0.579. The number of hydrogen-bond acceptors (Lipinski definition) is 7. The Morgan fingerprint density at radius 2 is 1.83 bits per heavy atom. The second kappa shape index (κ2) is 9.75. The van der Waals surface area contributed by atoms with Crippen LogP contribution in [0.3, 0.4) is 0 Å².